The second-order valence-electron chi connectivity index (χ2n) is 5.33. The Morgan fingerprint density at radius 2 is 2.00 bits per heavy atom. The van der Waals surface area contributed by atoms with E-state index in [1.807, 2.05) is 30.3 Å². The maximum absolute atomic E-state index is 5.95. The highest BCUT2D eigenvalue weighted by Gasteiger charge is 2.18. The molecule has 0 fully saturated rings. The number of ether oxygens (including phenoxy) is 1. The van der Waals surface area contributed by atoms with Crippen molar-refractivity contribution < 1.29 is 4.74 Å². The number of hydrogen-bond donors (Lipinski definition) is 0. The normalized spacial score (nSPS) is 11.0. The van der Waals surface area contributed by atoms with Gasteiger partial charge in [0.25, 0.3) is 0 Å². The van der Waals surface area contributed by atoms with E-state index in [0.29, 0.717) is 5.92 Å². The summed E-state index contributed by atoms with van der Waals surface area (Å²) >= 11 is 7.59. The number of methoxy groups -OCH3 is 1. The van der Waals surface area contributed by atoms with Gasteiger partial charge in [0.2, 0.25) is 5.28 Å². The summed E-state index contributed by atoms with van der Waals surface area (Å²) in [6, 6.07) is 9.73. The van der Waals surface area contributed by atoms with Crippen molar-refractivity contribution in [2.24, 2.45) is 0 Å². The number of benzene rings is 1. The van der Waals surface area contributed by atoms with Gasteiger partial charge in [-0.15, -0.1) is 11.3 Å². The third-order valence-electron chi connectivity index (χ3n) is 3.34. The Bertz CT molecular complexity index is 832. The molecule has 3 rings (SSSR count). The summed E-state index contributed by atoms with van der Waals surface area (Å²) < 4.78 is 5.32. The van der Waals surface area contributed by atoms with E-state index in [2.05, 4.69) is 23.8 Å². The van der Waals surface area contributed by atoms with Gasteiger partial charge in [-0.3, -0.25) is 0 Å². The zero-order chi connectivity index (χ0) is 16.4. The molecule has 0 radical (unpaired) electrons. The number of rotatable bonds is 4. The van der Waals surface area contributed by atoms with E-state index < -0.39 is 0 Å². The lowest BCUT2D eigenvalue weighted by Crippen LogP contribution is -1.89. The summed E-state index contributed by atoms with van der Waals surface area (Å²) in [5, 5.41) is 1.30. The standard InChI is InChI=1S/C17H16ClN3OS/c1-10(2)16-21-14(11-5-4-6-12(9-11)22-3)15(23-16)13-7-8-19-17(18)20-13/h4-10H,1-3H3. The second-order valence-corrected chi connectivity index (χ2v) is 6.70. The van der Waals surface area contributed by atoms with E-state index in [1.165, 1.54) is 0 Å². The summed E-state index contributed by atoms with van der Waals surface area (Å²) in [6.07, 6.45) is 1.66. The fraction of sp³-hybridized carbons (Fsp3) is 0.235. The highest BCUT2D eigenvalue weighted by molar-refractivity contribution is 7.15. The van der Waals surface area contributed by atoms with Crippen molar-refractivity contribution >= 4 is 22.9 Å². The first-order valence-corrected chi connectivity index (χ1v) is 8.42. The molecule has 1 aromatic carbocycles. The minimum atomic E-state index is 0.235. The molecule has 0 atom stereocenters. The number of nitrogens with zero attached hydrogens (tertiary/aromatic N) is 3. The third kappa shape index (κ3) is 3.35. The molecule has 118 valence electrons. The predicted octanol–water partition coefficient (Wildman–Crippen LogP) is 5.05. The zero-order valence-corrected chi connectivity index (χ0v) is 14.6. The molecule has 23 heavy (non-hydrogen) atoms. The van der Waals surface area contributed by atoms with Gasteiger partial charge >= 0.3 is 0 Å². The lowest BCUT2D eigenvalue weighted by Gasteiger charge is -2.05. The maximum atomic E-state index is 5.95. The highest BCUT2D eigenvalue weighted by atomic mass is 35.5. The second kappa shape index (κ2) is 6.64. The lowest BCUT2D eigenvalue weighted by molar-refractivity contribution is 0.415. The van der Waals surface area contributed by atoms with Crippen LogP contribution in [0.4, 0.5) is 0 Å². The number of halogens is 1. The minimum Gasteiger partial charge on any atom is -0.497 e. The smallest absolute Gasteiger partial charge is 0.222 e. The van der Waals surface area contributed by atoms with Crippen LogP contribution >= 0.6 is 22.9 Å². The summed E-state index contributed by atoms with van der Waals surface area (Å²) in [7, 11) is 1.66. The van der Waals surface area contributed by atoms with Crippen molar-refractivity contribution in [3.63, 3.8) is 0 Å². The number of hydrogen-bond acceptors (Lipinski definition) is 5. The first-order valence-electron chi connectivity index (χ1n) is 7.22. The summed E-state index contributed by atoms with van der Waals surface area (Å²) in [4.78, 5) is 14.1. The largest absolute Gasteiger partial charge is 0.497 e. The van der Waals surface area contributed by atoms with Crippen LogP contribution in [0.3, 0.4) is 0 Å². The van der Waals surface area contributed by atoms with Gasteiger partial charge in [-0.05, 0) is 29.8 Å². The Kier molecular flexibility index (Phi) is 4.59. The fourth-order valence-electron chi connectivity index (χ4n) is 2.18. The van der Waals surface area contributed by atoms with Gasteiger partial charge in [-0.25, -0.2) is 15.0 Å². The Labute approximate surface area is 144 Å². The average Bonchev–Trinajstić information content (AvgIpc) is 3.00. The van der Waals surface area contributed by atoms with Crippen LogP contribution in [0.25, 0.3) is 21.8 Å². The Hall–Kier alpha value is -1.98. The van der Waals surface area contributed by atoms with Gasteiger partial charge in [0.05, 0.1) is 28.4 Å². The molecule has 0 N–H and O–H groups in total. The van der Waals surface area contributed by atoms with Crippen LogP contribution in [-0.2, 0) is 0 Å². The fourth-order valence-corrected chi connectivity index (χ4v) is 3.39. The Morgan fingerprint density at radius 1 is 1.17 bits per heavy atom. The van der Waals surface area contributed by atoms with Gasteiger partial charge in [-0.1, -0.05) is 26.0 Å². The third-order valence-corrected chi connectivity index (χ3v) is 4.90. The number of thiazole rings is 1. The van der Waals surface area contributed by atoms with Crippen LogP contribution < -0.4 is 4.74 Å². The Balaban J connectivity index is 2.18. The first-order chi connectivity index (χ1) is 11.1. The van der Waals surface area contributed by atoms with E-state index in [4.69, 9.17) is 21.3 Å². The predicted molar refractivity (Wildman–Crippen MR) is 94.2 cm³/mol. The van der Waals surface area contributed by atoms with Gasteiger partial charge < -0.3 is 4.74 Å². The molecule has 3 aromatic rings. The van der Waals surface area contributed by atoms with Gasteiger partial charge in [0.1, 0.15) is 5.75 Å². The van der Waals surface area contributed by atoms with E-state index in [9.17, 15) is 0 Å². The van der Waals surface area contributed by atoms with Crippen LogP contribution in [0.1, 0.15) is 24.8 Å². The van der Waals surface area contributed by atoms with Crippen LogP contribution in [0.5, 0.6) is 5.75 Å². The number of aromatic nitrogens is 3. The van der Waals surface area contributed by atoms with Crippen molar-refractivity contribution in [2.45, 2.75) is 19.8 Å². The summed E-state index contributed by atoms with van der Waals surface area (Å²) in [5.41, 5.74) is 2.68. The van der Waals surface area contributed by atoms with Gasteiger partial charge in [0.15, 0.2) is 0 Å². The maximum Gasteiger partial charge on any atom is 0.222 e. The molecular formula is C17H16ClN3OS. The van der Waals surface area contributed by atoms with E-state index in [0.717, 1.165) is 32.6 Å². The van der Waals surface area contributed by atoms with Crippen molar-refractivity contribution in [1.29, 1.82) is 0 Å². The van der Waals surface area contributed by atoms with Crippen molar-refractivity contribution in [1.82, 2.24) is 15.0 Å². The van der Waals surface area contributed by atoms with Crippen molar-refractivity contribution in [2.75, 3.05) is 7.11 Å². The summed E-state index contributed by atoms with van der Waals surface area (Å²) in [5.74, 6) is 1.14. The molecule has 0 spiro atoms. The lowest BCUT2D eigenvalue weighted by atomic mass is 10.1. The van der Waals surface area contributed by atoms with Crippen LogP contribution in [0.2, 0.25) is 5.28 Å². The molecule has 2 heterocycles. The molecule has 0 aliphatic heterocycles. The minimum absolute atomic E-state index is 0.235. The molecule has 0 aliphatic carbocycles. The van der Waals surface area contributed by atoms with Gasteiger partial charge in [-0.2, -0.15) is 0 Å². The zero-order valence-electron chi connectivity index (χ0n) is 13.1. The molecule has 6 heteroatoms. The van der Waals surface area contributed by atoms with Crippen molar-refractivity contribution in [3.8, 4) is 27.6 Å². The Morgan fingerprint density at radius 3 is 2.70 bits per heavy atom. The van der Waals surface area contributed by atoms with E-state index >= 15 is 0 Å². The molecule has 0 amide bonds. The molecule has 0 saturated carbocycles. The molecule has 4 nitrogen and oxygen atoms in total. The topological polar surface area (TPSA) is 47.9 Å². The molecule has 0 unspecified atom stereocenters. The molecular weight excluding hydrogens is 330 g/mol. The van der Waals surface area contributed by atoms with Crippen LogP contribution in [0, 0.1) is 0 Å². The van der Waals surface area contributed by atoms with Gasteiger partial charge in [0, 0.05) is 17.7 Å². The van der Waals surface area contributed by atoms with Crippen LogP contribution in [-0.4, -0.2) is 22.1 Å². The molecule has 0 saturated heterocycles. The SMILES string of the molecule is COc1cccc(-c2nc(C(C)C)sc2-c2ccnc(Cl)n2)c1. The monoisotopic (exact) mass is 345 g/mol. The van der Waals surface area contributed by atoms with E-state index in [-0.39, 0.29) is 5.28 Å². The van der Waals surface area contributed by atoms with E-state index in [1.54, 1.807) is 24.6 Å². The summed E-state index contributed by atoms with van der Waals surface area (Å²) in [6.45, 7) is 4.26. The highest BCUT2D eigenvalue weighted by Crippen LogP contribution is 2.39. The molecule has 0 bridgehead atoms. The molecule has 2 aromatic heterocycles. The molecule has 0 aliphatic rings. The quantitative estimate of drug-likeness (QED) is 0.620. The van der Waals surface area contributed by atoms with Crippen molar-refractivity contribution in [3.05, 3.63) is 46.8 Å². The average molecular weight is 346 g/mol. The first kappa shape index (κ1) is 15.9. The van der Waals surface area contributed by atoms with Crippen LogP contribution in [0.15, 0.2) is 36.5 Å².